The third-order valence-corrected chi connectivity index (χ3v) is 8.73. The van der Waals surface area contributed by atoms with E-state index in [0.717, 1.165) is 26.6 Å². The molecule has 38 heavy (non-hydrogen) atoms. The molecule has 0 bridgehead atoms. The third kappa shape index (κ3) is 6.55. The zero-order valence-electron chi connectivity index (χ0n) is 22.4. The average molecular weight is 556 g/mol. The van der Waals surface area contributed by atoms with Crippen LogP contribution < -0.4 is 9.62 Å². The highest BCUT2D eigenvalue weighted by Crippen LogP contribution is 2.27. The monoisotopic (exact) mass is 555 g/mol. The van der Waals surface area contributed by atoms with Crippen LogP contribution in [0.5, 0.6) is 0 Å². The summed E-state index contributed by atoms with van der Waals surface area (Å²) in [5, 5.41) is 3.04. The van der Waals surface area contributed by atoms with Crippen molar-refractivity contribution >= 4 is 39.1 Å². The summed E-state index contributed by atoms with van der Waals surface area (Å²) < 4.78 is 28.8. The molecule has 0 fully saturated rings. The summed E-state index contributed by atoms with van der Waals surface area (Å²) >= 11 is 6.00. The average Bonchev–Trinajstić information content (AvgIpc) is 2.89. The minimum absolute atomic E-state index is 0.0109. The van der Waals surface area contributed by atoms with Crippen molar-refractivity contribution in [3.05, 3.63) is 94.0 Å². The number of benzene rings is 3. The molecule has 1 unspecified atom stereocenters. The Kier molecular flexibility index (Phi) is 9.57. The van der Waals surface area contributed by atoms with E-state index in [0.29, 0.717) is 17.1 Å². The predicted octanol–water partition coefficient (Wildman–Crippen LogP) is 5.01. The Morgan fingerprint density at radius 3 is 2.16 bits per heavy atom. The van der Waals surface area contributed by atoms with Gasteiger partial charge in [0.05, 0.1) is 10.6 Å². The second kappa shape index (κ2) is 12.5. The lowest BCUT2D eigenvalue weighted by Gasteiger charge is -2.33. The molecule has 3 aromatic rings. The maximum absolute atomic E-state index is 14.0. The van der Waals surface area contributed by atoms with Crippen molar-refractivity contribution in [2.75, 3.05) is 17.9 Å². The van der Waals surface area contributed by atoms with Crippen molar-refractivity contribution in [2.24, 2.45) is 0 Å². The third-order valence-electron chi connectivity index (χ3n) is 6.69. The molecule has 0 heterocycles. The highest BCUT2D eigenvalue weighted by atomic mass is 35.5. The summed E-state index contributed by atoms with van der Waals surface area (Å²) in [5.41, 5.74) is 4.09. The van der Waals surface area contributed by atoms with Gasteiger partial charge in [-0.1, -0.05) is 48.9 Å². The Morgan fingerprint density at radius 1 is 0.921 bits per heavy atom. The molecule has 3 aromatic carbocycles. The second-order valence-corrected chi connectivity index (χ2v) is 11.5. The van der Waals surface area contributed by atoms with Crippen molar-refractivity contribution in [1.29, 1.82) is 0 Å². The summed E-state index contributed by atoms with van der Waals surface area (Å²) in [6.45, 7) is 7.26. The van der Waals surface area contributed by atoms with Crippen LogP contribution in [0.3, 0.4) is 0 Å². The van der Waals surface area contributed by atoms with Gasteiger partial charge in [-0.05, 0) is 85.8 Å². The van der Waals surface area contributed by atoms with Gasteiger partial charge < -0.3 is 10.2 Å². The molecule has 0 radical (unpaired) electrons. The highest BCUT2D eigenvalue weighted by Gasteiger charge is 2.33. The molecule has 0 aromatic heterocycles. The van der Waals surface area contributed by atoms with Crippen molar-refractivity contribution in [3.63, 3.8) is 0 Å². The first-order valence-corrected chi connectivity index (χ1v) is 14.2. The van der Waals surface area contributed by atoms with Crippen molar-refractivity contribution < 1.29 is 18.0 Å². The molecule has 0 aliphatic rings. The van der Waals surface area contributed by atoms with Crippen molar-refractivity contribution in [1.82, 2.24) is 10.2 Å². The van der Waals surface area contributed by atoms with Gasteiger partial charge in [0.1, 0.15) is 12.6 Å². The molecule has 202 valence electrons. The molecular formula is C29H34ClN3O4S. The van der Waals surface area contributed by atoms with E-state index in [1.165, 1.54) is 36.2 Å². The number of carbonyl (C=O) groups excluding carboxylic acids is 2. The number of rotatable bonds is 10. The number of hydrogen-bond acceptors (Lipinski definition) is 4. The molecule has 3 rings (SSSR count). The van der Waals surface area contributed by atoms with Crippen LogP contribution in [-0.4, -0.2) is 44.8 Å². The van der Waals surface area contributed by atoms with E-state index in [2.05, 4.69) is 5.32 Å². The smallest absolute Gasteiger partial charge is 0.264 e. The quantitative estimate of drug-likeness (QED) is 0.381. The summed E-state index contributed by atoms with van der Waals surface area (Å²) in [7, 11) is -2.62. The summed E-state index contributed by atoms with van der Waals surface area (Å²) in [6.07, 6.45) is 0.366. The maximum atomic E-state index is 14.0. The van der Waals surface area contributed by atoms with E-state index in [-0.39, 0.29) is 17.3 Å². The Morgan fingerprint density at radius 2 is 1.58 bits per heavy atom. The van der Waals surface area contributed by atoms with Crippen LogP contribution in [0, 0.1) is 20.8 Å². The fourth-order valence-corrected chi connectivity index (χ4v) is 5.73. The van der Waals surface area contributed by atoms with E-state index in [9.17, 15) is 18.0 Å². The molecule has 9 heteroatoms. The lowest BCUT2D eigenvalue weighted by Crippen LogP contribution is -2.51. The van der Waals surface area contributed by atoms with Crippen LogP contribution in [0.15, 0.2) is 71.6 Å². The zero-order chi connectivity index (χ0) is 28.0. The van der Waals surface area contributed by atoms with Crippen LogP contribution >= 0.6 is 11.6 Å². The number of carbonyl (C=O) groups is 2. The molecule has 2 amide bonds. The van der Waals surface area contributed by atoms with Crippen molar-refractivity contribution in [2.45, 2.75) is 51.6 Å². The topological polar surface area (TPSA) is 86.8 Å². The van der Waals surface area contributed by atoms with E-state index < -0.39 is 28.5 Å². The van der Waals surface area contributed by atoms with Crippen LogP contribution in [0.2, 0.25) is 5.02 Å². The number of nitrogens with one attached hydrogen (secondary N) is 1. The second-order valence-electron chi connectivity index (χ2n) is 9.22. The Bertz CT molecular complexity index is 1410. The Labute approximate surface area is 230 Å². The lowest BCUT2D eigenvalue weighted by molar-refractivity contribution is -0.140. The first-order valence-electron chi connectivity index (χ1n) is 12.4. The van der Waals surface area contributed by atoms with E-state index in [4.69, 9.17) is 11.6 Å². The number of sulfonamides is 1. The molecule has 1 atom stereocenters. The zero-order valence-corrected chi connectivity index (χ0v) is 23.9. The SMILES string of the molecule is CCC(C(=O)NC)N(Cc1ccccc1C)C(=O)CN(c1ccc(C)c(C)c1)S(=O)(=O)c1ccc(Cl)cc1. The molecule has 0 spiro atoms. The van der Waals surface area contributed by atoms with Gasteiger partial charge >= 0.3 is 0 Å². The summed E-state index contributed by atoms with van der Waals surface area (Å²) in [5.74, 6) is -0.799. The maximum Gasteiger partial charge on any atom is 0.264 e. The largest absolute Gasteiger partial charge is 0.357 e. The van der Waals surface area contributed by atoms with Gasteiger partial charge in [0.15, 0.2) is 0 Å². The fourth-order valence-electron chi connectivity index (χ4n) is 4.20. The Hall–Kier alpha value is -3.36. The van der Waals surface area contributed by atoms with Gasteiger partial charge in [-0.15, -0.1) is 0 Å². The van der Waals surface area contributed by atoms with Gasteiger partial charge in [-0.25, -0.2) is 8.42 Å². The molecule has 1 N–H and O–H groups in total. The van der Waals surface area contributed by atoms with Gasteiger partial charge in [0.25, 0.3) is 10.0 Å². The van der Waals surface area contributed by atoms with Crippen LogP contribution in [0.1, 0.15) is 35.6 Å². The minimum atomic E-state index is -4.14. The number of aryl methyl sites for hydroxylation is 3. The molecule has 0 saturated carbocycles. The van der Waals surface area contributed by atoms with E-state index >= 15 is 0 Å². The van der Waals surface area contributed by atoms with E-state index in [1.54, 1.807) is 12.1 Å². The number of amides is 2. The molecule has 0 saturated heterocycles. The highest BCUT2D eigenvalue weighted by molar-refractivity contribution is 7.92. The Balaban J connectivity index is 2.10. The number of nitrogens with zero attached hydrogens (tertiary/aromatic N) is 2. The first kappa shape index (κ1) is 29.2. The molecule has 7 nitrogen and oxygen atoms in total. The molecule has 0 aliphatic heterocycles. The standard InChI is InChI=1S/C29H34ClN3O4S/c1-6-27(29(35)31-5)32(18-23-10-8-7-9-21(23)3)28(34)19-33(25-14-11-20(2)22(4)17-25)38(36,37)26-15-12-24(30)13-16-26/h7-17,27H,6,18-19H2,1-5H3,(H,31,35). The summed E-state index contributed by atoms with van der Waals surface area (Å²) in [4.78, 5) is 28.2. The molecule has 0 aliphatic carbocycles. The van der Waals surface area contributed by atoms with Crippen LogP contribution in [0.4, 0.5) is 5.69 Å². The van der Waals surface area contributed by atoms with Gasteiger partial charge in [0, 0.05) is 18.6 Å². The predicted molar refractivity (Wildman–Crippen MR) is 152 cm³/mol. The number of hydrogen-bond donors (Lipinski definition) is 1. The van der Waals surface area contributed by atoms with E-state index in [1.807, 2.05) is 58.0 Å². The number of likely N-dealkylation sites (N-methyl/N-ethyl adjacent to an activating group) is 1. The van der Waals surface area contributed by atoms with Crippen LogP contribution in [0.25, 0.3) is 0 Å². The number of anilines is 1. The number of halogens is 1. The van der Waals surface area contributed by atoms with Gasteiger partial charge in [-0.3, -0.25) is 13.9 Å². The van der Waals surface area contributed by atoms with Crippen LogP contribution in [-0.2, 0) is 26.2 Å². The van der Waals surface area contributed by atoms with Gasteiger partial charge in [0.2, 0.25) is 11.8 Å². The summed E-state index contributed by atoms with van der Waals surface area (Å²) in [6, 6.07) is 17.9. The van der Waals surface area contributed by atoms with Gasteiger partial charge in [-0.2, -0.15) is 0 Å². The first-order chi connectivity index (χ1) is 18.0. The normalized spacial score (nSPS) is 12.1. The lowest BCUT2D eigenvalue weighted by atomic mass is 10.1. The molecular weight excluding hydrogens is 522 g/mol. The minimum Gasteiger partial charge on any atom is -0.357 e. The van der Waals surface area contributed by atoms with Crippen molar-refractivity contribution in [3.8, 4) is 0 Å². The fraction of sp³-hybridized carbons (Fsp3) is 0.310.